The molecular formula is C10H17N3O2S2. The highest BCUT2D eigenvalue weighted by Crippen LogP contribution is 2.26. The second kappa shape index (κ2) is 6.80. The van der Waals surface area contributed by atoms with Gasteiger partial charge in [0.15, 0.2) is 4.34 Å². The summed E-state index contributed by atoms with van der Waals surface area (Å²) in [5.41, 5.74) is 0. The Morgan fingerprint density at radius 1 is 1.53 bits per heavy atom. The van der Waals surface area contributed by atoms with Gasteiger partial charge in [-0.15, -0.1) is 10.2 Å². The molecule has 1 rings (SSSR count). The maximum Gasteiger partial charge on any atom is 0.313 e. The van der Waals surface area contributed by atoms with Crippen LogP contribution in [0, 0.1) is 5.92 Å². The fraction of sp³-hybridized carbons (Fsp3) is 0.700. The first-order valence-corrected chi connectivity index (χ1v) is 7.27. The number of carbonyl (C=O) groups is 1. The lowest BCUT2D eigenvalue weighted by atomic mass is 10.0. The Balaban J connectivity index is 2.52. The second-order valence-electron chi connectivity index (χ2n) is 3.96. The second-order valence-corrected chi connectivity index (χ2v) is 6.16. The van der Waals surface area contributed by atoms with E-state index in [0.29, 0.717) is 16.3 Å². The number of carboxylic acid groups (broad SMARTS) is 1. The van der Waals surface area contributed by atoms with E-state index in [2.05, 4.69) is 36.3 Å². The first-order valence-electron chi connectivity index (χ1n) is 5.47. The Kier molecular flexibility index (Phi) is 5.70. The van der Waals surface area contributed by atoms with Crippen LogP contribution in [-0.2, 0) is 4.79 Å². The molecule has 0 bridgehead atoms. The predicted octanol–water partition coefficient (Wildman–Crippen LogP) is 2.56. The van der Waals surface area contributed by atoms with Crippen molar-refractivity contribution in [2.45, 2.75) is 37.6 Å². The Labute approximate surface area is 109 Å². The van der Waals surface area contributed by atoms with E-state index < -0.39 is 5.97 Å². The van der Waals surface area contributed by atoms with Crippen LogP contribution in [0.2, 0.25) is 0 Å². The van der Waals surface area contributed by atoms with Gasteiger partial charge in [0.2, 0.25) is 5.13 Å². The average Bonchev–Trinajstić information content (AvgIpc) is 2.70. The zero-order chi connectivity index (χ0) is 12.8. The Morgan fingerprint density at radius 2 is 2.24 bits per heavy atom. The van der Waals surface area contributed by atoms with Crippen molar-refractivity contribution in [3.05, 3.63) is 0 Å². The third-order valence-electron chi connectivity index (χ3n) is 2.28. The Morgan fingerprint density at radius 3 is 2.76 bits per heavy atom. The van der Waals surface area contributed by atoms with Gasteiger partial charge >= 0.3 is 5.97 Å². The fourth-order valence-corrected chi connectivity index (χ4v) is 2.88. The summed E-state index contributed by atoms with van der Waals surface area (Å²) >= 11 is 2.60. The third-order valence-corrected chi connectivity index (χ3v) is 4.25. The van der Waals surface area contributed by atoms with Crippen LogP contribution >= 0.6 is 23.1 Å². The first kappa shape index (κ1) is 14.2. The van der Waals surface area contributed by atoms with Crippen molar-refractivity contribution in [3.63, 3.8) is 0 Å². The van der Waals surface area contributed by atoms with Crippen LogP contribution in [0.4, 0.5) is 5.13 Å². The van der Waals surface area contributed by atoms with Gasteiger partial charge in [0, 0.05) is 6.04 Å². The summed E-state index contributed by atoms with van der Waals surface area (Å²) in [5.74, 6) is -0.289. The smallest absolute Gasteiger partial charge is 0.313 e. The van der Waals surface area contributed by atoms with E-state index in [1.54, 1.807) is 0 Å². The number of hydrogen-bond donors (Lipinski definition) is 2. The maximum absolute atomic E-state index is 10.4. The van der Waals surface area contributed by atoms with Gasteiger partial charge in [0.1, 0.15) is 0 Å². The number of nitrogens with zero attached hydrogens (tertiary/aromatic N) is 2. The molecule has 1 atom stereocenters. The van der Waals surface area contributed by atoms with Crippen LogP contribution in [0.3, 0.4) is 0 Å². The highest BCUT2D eigenvalue weighted by Gasteiger charge is 2.13. The fourth-order valence-electron chi connectivity index (χ4n) is 1.35. The van der Waals surface area contributed by atoms with Crippen LogP contribution in [0.5, 0.6) is 0 Å². The molecule has 96 valence electrons. The lowest BCUT2D eigenvalue weighted by Gasteiger charge is -2.19. The summed E-state index contributed by atoms with van der Waals surface area (Å²) in [6, 6.07) is 0.375. The predicted molar refractivity (Wildman–Crippen MR) is 70.8 cm³/mol. The van der Waals surface area contributed by atoms with Gasteiger partial charge in [-0.05, 0) is 12.3 Å². The van der Waals surface area contributed by atoms with Crippen molar-refractivity contribution < 1.29 is 9.90 Å². The molecule has 5 nitrogen and oxygen atoms in total. The molecule has 0 saturated heterocycles. The van der Waals surface area contributed by atoms with E-state index in [-0.39, 0.29) is 5.75 Å². The molecule has 0 aliphatic rings. The molecule has 0 saturated carbocycles. The molecule has 0 fully saturated rings. The molecule has 0 spiro atoms. The number of thioether (sulfide) groups is 1. The van der Waals surface area contributed by atoms with Crippen molar-refractivity contribution in [1.29, 1.82) is 0 Å². The lowest BCUT2D eigenvalue weighted by Crippen LogP contribution is -2.24. The van der Waals surface area contributed by atoms with Gasteiger partial charge in [-0.3, -0.25) is 4.79 Å². The van der Waals surface area contributed by atoms with Crippen LogP contribution < -0.4 is 5.32 Å². The molecular weight excluding hydrogens is 258 g/mol. The number of nitrogens with one attached hydrogen (secondary N) is 1. The summed E-state index contributed by atoms with van der Waals surface area (Å²) in [7, 11) is 0. The number of carboxylic acids is 1. The normalized spacial score (nSPS) is 12.7. The van der Waals surface area contributed by atoms with Crippen molar-refractivity contribution in [2.24, 2.45) is 5.92 Å². The molecule has 1 aromatic heterocycles. The minimum absolute atomic E-state index is 0.0238. The standard InChI is InChI=1S/C10H17N3O2S2/c1-4-7(6(2)3)11-9-12-13-10(17-9)16-5-8(14)15/h6-7H,4-5H2,1-3H3,(H,11,12)(H,14,15). The van der Waals surface area contributed by atoms with Crippen molar-refractivity contribution >= 4 is 34.2 Å². The number of aliphatic carboxylic acids is 1. The molecule has 0 aliphatic carbocycles. The number of rotatable bonds is 7. The molecule has 0 aliphatic heterocycles. The SMILES string of the molecule is CCC(Nc1nnc(SCC(=O)O)s1)C(C)C. The molecule has 0 amide bonds. The van der Waals surface area contributed by atoms with E-state index in [0.717, 1.165) is 11.6 Å². The Hall–Kier alpha value is -0.820. The highest BCUT2D eigenvalue weighted by atomic mass is 32.2. The minimum Gasteiger partial charge on any atom is -0.481 e. The molecule has 0 radical (unpaired) electrons. The largest absolute Gasteiger partial charge is 0.481 e. The van der Waals surface area contributed by atoms with Gasteiger partial charge in [0.25, 0.3) is 0 Å². The molecule has 7 heteroatoms. The zero-order valence-electron chi connectivity index (χ0n) is 10.1. The molecule has 1 heterocycles. The van der Waals surface area contributed by atoms with Crippen molar-refractivity contribution in [1.82, 2.24) is 10.2 Å². The first-order chi connectivity index (χ1) is 8.02. The van der Waals surface area contributed by atoms with Gasteiger partial charge in [-0.2, -0.15) is 0 Å². The minimum atomic E-state index is -0.840. The van der Waals surface area contributed by atoms with Gasteiger partial charge in [-0.25, -0.2) is 0 Å². The van der Waals surface area contributed by atoms with Crippen LogP contribution in [0.1, 0.15) is 27.2 Å². The molecule has 17 heavy (non-hydrogen) atoms. The van der Waals surface area contributed by atoms with E-state index in [9.17, 15) is 4.79 Å². The summed E-state index contributed by atoms with van der Waals surface area (Å²) in [6.45, 7) is 6.43. The van der Waals surface area contributed by atoms with Crippen LogP contribution in [-0.4, -0.2) is 33.1 Å². The number of aromatic nitrogens is 2. The monoisotopic (exact) mass is 275 g/mol. The van der Waals surface area contributed by atoms with Crippen LogP contribution in [0.15, 0.2) is 4.34 Å². The lowest BCUT2D eigenvalue weighted by molar-refractivity contribution is -0.133. The number of hydrogen-bond acceptors (Lipinski definition) is 6. The average molecular weight is 275 g/mol. The molecule has 1 aromatic rings. The van der Waals surface area contributed by atoms with E-state index in [1.807, 2.05) is 0 Å². The van der Waals surface area contributed by atoms with Crippen molar-refractivity contribution in [2.75, 3.05) is 11.1 Å². The number of anilines is 1. The van der Waals surface area contributed by atoms with Crippen molar-refractivity contribution in [3.8, 4) is 0 Å². The summed E-state index contributed by atoms with van der Waals surface area (Å²) in [5, 5.41) is 20.6. The quantitative estimate of drug-likeness (QED) is 0.745. The van der Waals surface area contributed by atoms with Gasteiger partial charge in [-0.1, -0.05) is 43.9 Å². The topological polar surface area (TPSA) is 75.1 Å². The summed E-state index contributed by atoms with van der Waals surface area (Å²) in [6.07, 6.45) is 1.02. The Bertz CT molecular complexity index is 368. The van der Waals surface area contributed by atoms with E-state index in [1.165, 1.54) is 23.1 Å². The highest BCUT2D eigenvalue weighted by molar-refractivity contribution is 8.01. The summed E-state index contributed by atoms with van der Waals surface area (Å²) < 4.78 is 0.688. The van der Waals surface area contributed by atoms with Gasteiger partial charge < -0.3 is 10.4 Å². The van der Waals surface area contributed by atoms with E-state index >= 15 is 0 Å². The molecule has 1 unspecified atom stereocenters. The zero-order valence-corrected chi connectivity index (χ0v) is 11.8. The third kappa shape index (κ3) is 4.91. The van der Waals surface area contributed by atoms with Crippen LogP contribution in [0.25, 0.3) is 0 Å². The molecule has 0 aromatic carbocycles. The summed E-state index contributed by atoms with van der Waals surface area (Å²) in [4.78, 5) is 10.4. The van der Waals surface area contributed by atoms with Gasteiger partial charge in [0.05, 0.1) is 5.75 Å². The van der Waals surface area contributed by atoms with E-state index in [4.69, 9.17) is 5.11 Å². The maximum atomic E-state index is 10.4. The molecule has 2 N–H and O–H groups in total.